The molecule has 4 nitrogen and oxygen atoms in total. The summed E-state index contributed by atoms with van der Waals surface area (Å²) in [6.45, 7) is -0.452. The largest absolute Gasteiger partial charge is 0.386 e. The van der Waals surface area contributed by atoms with Crippen LogP contribution >= 0.6 is 0 Å². The monoisotopic (exact) mass is 245 g/mol. The van der Waals surface area contributed by atoms with Crippen molar-refractivity contribution >= 4 is 5.91 Å². The maximum absolute atomic E-state index is 13.2. The maximum Gasteiger partial charge on any atom is 0.246 e. The van der Waals surface area contributed by atoms with Gasteiger partial charge >= 0.3 is 0 Å². The Morgan fingerprint density at radius 3 is 2.59 bits per heavy atom. The molecule has 0 radical (unpaired) electrons. The molecule has 94 valence electrons. The van der Waals surface area contributed by atoms with E-state index in [1.165, 1.54) is 13.2 Å². The summed E-state index contributed by atoms with van der Waals surface area (Å²) in [6, 6.07) is 3.28. The summed E-state index contributed by atoms with van der Waals surface area (Å²) in [5, 5.41) is 11.9. The zero-order chi connectivity index (χ0) is 12.8. The number of rotatable bonds is 5. The predicted octanol–water partition coefficient (Wildman–Crippen LogP) is 0.761. The highest BCUT2D eigenvalue weighted by atomic mass is 19.1. The van der Waals surface area contributed by atoms with Gasteiger partial charge in [0.05, 0.1) is 5.56 Å². The van der Waals surface area contributed by atoms with Crippen LogP contribution in [0.15, 0.2) is 18.2 Å². The number of aliphatic hydroxyl groups excluding tert-OH is 1. The standard InChI is InChI=1S/C11H13F2NO3/c1-17-6-10(16)14-5-9(15)11-7(12)3-2-4-8(11)13/h2-4,9,15H,5-6H2,1H3,(H,14,16). The Kier molecular flexibility index (Phi) is 4.99. The molecule has 0 heterocycles. The van der Waals surface area contributed by atoms with Gasteiger partial charge in [-0.05, 0) is 12.1 Å². The average Bonchev–Trinajstić information content (AvgIpc) is 2.26. The highest BCUT2D eigenvalue weighted by Gasteiger charge is 2.18. The number of aliphatic hydroxyl groups is 1. The summed E-state index contributed by atoms with van der Waals surface area (Å²) in [5.41, 5.74) is -0.454. The van der Waals surface area contributed by atoms with Gasteiger partial charge < -0.3 is 15.2 Å². The zero-order valence-corrected chi connectivity index (χ0v) is 9.24. The first-order valence-electron chi connectivity index (χ1n) is 4.94. The SMILES string of the molecule is COCC(=O)NCC(O)c1c(F)cccc1F. The molecule has 0 aliphatic heterocycles. The summed E-state index contributed by atoms with van der Waals surface area (Å²) < 4.78 is 31.0. The molecule has 0 aromatic heterocycles. The van der Waals surface area contributed by atoms with E-state index in [9.17, 15) is 18.7 Å². The van der Waals surface area contributed by atoms with E-state index in [1.54, 1.807) is 0 Å². The number of carbonyl (C=O) groups excluding carboxylic acids is 1. The lowest BCUT2D eigenvalue weighted by molar-refractivity contribution is -0.125. The van der Waals surface area contributed by atoms with Crippen molar-refractivity contribution in [1.29, 1.82) is 0 Å². The molecule has 0 aliphatic carbocycles. The molecule has 1 aromatic carbocycles. The number of amides is 1. The molecule has 0 aliphatic rings. The van der Waals surface area contributed by atoms with Crippen LogP contribution in [0.25, 0.3) is 0 Å². The third-order valence-electron chi connectivity index (χ3n) is 2.10. The fraction of sp³-hybridized carbons (Fsp3) is 0.364. The number of benzene rings is 1. The minimum absolute atomic E-state index is 0.174. The minimum Gasteiger partial charge on any atom is -0.386 e. The van der Waals surface area contributed by atoms with Crippen LogP contribution in [0.3, 0.4) is 0 Å². The van der Waals surface area contributed by atoms with Gasteiger partial charge in [-0.2, -0.15) is 0 Å². The molecule has 1 amide bonds. The average molecular weight is 245 g/mol. The molecule has 0 fully saturated rings. The van der Waals surface area contributed by atoms with Gasteiger partial charge in [-0.3, -0.25) is 4.79 Å². The molecule has 17 heavy (non-hydrogen) atoms. The quantitative estimate of drug-likeness (QED) is 0.805. The van der Waals surface area contributed by atoms with E-state index in [-0.39, 0.29) is 13.2 Å². The second-order valence-corrected chi connectivity index (χ2v) is 3.39. The Bertz CT molecular complexity index is 378. The number of hydrogen-bond acceptors (Lipinski definition) is 3. The van der Waals surface area contributed by atoms with Crippen molar-refractivity contribution in [2.75, 3.05) is 20.3 Å². The van der Waals surface area contributed by atoms with Crippen molar-refractivity contribution in [3.8, 4) is 0 Å². The molecule has 2 N–H and O–H groups in total. The molecule has 0 saturated carbocycles. The first-order chi connectivity index (χ1) is 8.06. The van der Waals surface area contributed by atoms with E-state index in [0.29, 0.717) is 0 Å². The second-order valence-electron chi connectivity index (χ2n) is 3.39. The third-order valence-corrected chi connectivity index (χ3v) is 2.10. The smallest absolute Gasteiger partial charge is 0.246 e. The van der Waals surface area contributed by atoms with Gasteiger partial charge in [0.1, 0.15) is 24.3 Å². The summed E-state index contributed by atoms with van der Waals surface area (Å²) in [4.78, 5) is 11.0. The van der Waals surface area contributed by atoms with Crippen molar-refractivity contribution in [1.82, 2.24) is 5.32 Å². The summed E-state index contributed by atoms with van der Waals surface area (Å²) >= 11 is 0. The van der Waals surface area contributed by atoms with Gasteiger partial charge in [-0.1, -0.05) is 6.07 Å². The van der Waals surface area contributed by atoms with E-state index in [2.05, 4.69) is 10.1 Å². The lowest BCUT2D eigenvalue weighted by Crippen LogP contribution is -2.31. The maximum atomic E-state index is 13.2. The molecular formula is C11H13F2NO3. The molecule has 1 atom stereocenters. The van der Waals surface area contributed by atoms with Gasteiger partial charge in [0, 0.05) is 13.7 Å². The summed E-state index contributed by atoms with van der Waals surface area (Å²) in [5.74, 6) is -2.17. The van der Waals surface area contributed by atoms with Gasteiger partial charge in [0.25, 0.3) is 0 Å². The highest BCUT2D eigenvalue weighted by Crippen LogP contribution is 2.19. The van der Waals surface area contributed by atoms with Crippen molar-refractivity contribution < 1.29 is 23.4 Å². The molecule has 0 saturated heterocycles. The second kappa shape index (κ2) is 6.27. The molecule has 1 rings (SSSR count). The lowest BCUT2D eigenvalue weighted by atomic mass is 10.1. The number of carbonyl (C=O) groups is 1. The van der Waals surface area contributed by atoms with Crippen molar-refractivity contribution in [2.45, 2.75) is 6.10 Å². The van der Waals surface area contributed by atoms with E-state index >= 15 is 0 Å². The van der Waals surface area contributed by atoms with Crippen LogP contribution in [-0.4, -0.2) is 31.3 Å². The molecule has 6 heteroatoms. The summed E-state index contributed by atoms with van der Waals surface area (Å²) in [7, 11) is 1.34. The van der Waals surface area contributed by atoms with Crippen LogP contribution in [0.5, 0.6) is 0 Å². The predicted molar refractivity (Wildman–Crippen MR) is 56.2 cm³/mol. The Morgan fingerprint density at radius 2 is 2.06 bits per heavy atom. The Labute approximate surface area is 97.2 Å². The molecular weight excluding hydrogens is 232 g/mol. The van der Waals surface area contributed by atoms with Crippen LogP contribution in [0.4, 0.5) is 8.78 Å². The van der Waals surface area contributed by atoms with Gasteiger partial charge in [-0.25, -0.2) is 8.78 Å². The van der Waals surface area contributed by atoms with Gasteiger partial charge in [0.2, 0.25) is 5.91 Å². The first-order valence-corrected chi connectivity index (χ1v) is 4.94. The fourth-order valence-corrected chi connectivity index (χ4v) is 1.32. The summed E-state index contributed by atoms with van der Waals surface area (Å²) in [6.07, 6.45) is -1.43. The Morgan fingerprint density at radius 1 is 1.47 bits per heavy atom. The first kappa shape index (κ1) is 13.5. The molecule has 1 unspecified atom stereocenters. The van der Waals surface area contributed by atoms with E-state index < -0.39 is 29.2 Å². The Balaban J connectivity index is 2.64. The number of ether oxygens (including phenoxy) is 1. The van der Waals surface area contributed by atoms with E-state index in [4.69, 9.17) is 0 Å². The third kappa shape index (κ3) is 3.76. The fourth-order valence-electron chi connectivity index (χ4n) is 1.32. The van der Waals surface area contributed by atoms with Crippen LogP contribution in [0.2, 0.25) is 0 Å². The number of hydrogen-bond donors (Lipinski definition) is 2. The van der Waals surface area contributed by atoms with Crippen LogP contribution in [-0.2, 0) is 9.53 Å². The van der Waals surface area contributed by atoms with Gasteiger partial charge in [-0.15, -0.1) is 0 Å². The topological polar surface area (TPSA) is 58.6 Å². The van der Waals surface area contributed by atoms with Crippen molar-refractivity contribution in [3.63, 3.8) is 0 Å². The number of methoxy groups -OCH3 is 1. The molecule has 0 spiro atoms. The number of halogens is 2. The molecule has 0 bridgehead atoms. The van der Waals surface area contributed by atoms with E-state index in [0.717, 1.165) is 12.1 Å². The van der Waals surface area contributed by atoms with E-state index in [1.807, 2.05) is 0 Å². The van der Waals surface area contributed by atoms with Crippen LogP contribution in [0.1, 0.15) is 11.7 Å². The Hall–Kier alpha value is -1.53. The van der Waals surface area contributed by atoms with Gasteiger partial charge in [0.15, 0.2) is 0 Å². The lowest BCUT2D eigenvalue weighted by Gasteiger charge is -2.13. The van der Waals surface area contributed by atoms with Crippen molar-refractivity contribution in [2.24, 2.45) is 0 Å². The van der Waals surface area contributed by atoms with Crippen molar-refractivity contribution in [3.05, 3.63) is 35.4 Å². The zero-order valence-electron chi connectivity index (χ0n) is 9.24. The minimum atomic E-state index is -1.43. The van der Waals surface area contributed by atoms with Crippen LogP contribution in [0, 0.1) is 11.6 Å². The normalized spacial score (nSPS) is 12.2. The number of nitrogens with one attached hydrogen (secondary N) is 1. The highest BCUT2D eigenvalue weighted by molar-refractivity contribution is 5.77. The van der Waals surface area contributed by atoms with Crippen LogP contribution < -0.4 is 5.32 Å². The molecule has 1 aromatic rings.